The van der Waals surface area contributed by atoms with Crippen molar-refractivity contribution < 1.29 is 80.2 Å². The minimum absolute atomic E-state index is 0.0843. The van der Waals surface area contributed by atoms with Crippen LogP contribution in [0.4, 0.5) is 0 Å². The molecule has 0 heterocycles. The van der Waals surface area contributed by atoms with Gasteiger partial charge in [-0.3, -0.25) is 37.3 Å². The number of rotatable bonds is 69. The van der Waals surface area contributed by atoms with E-state index in [9.17, 15) is 43.2 Å². The number of esters is 4. The van der Waals surface area contributed by atoms with Gasteiger partial charge in [0.15, 0.2) is 12.2 Å². The van der Waals surface area contributed by atoms with Gasteiger partial charge in [0, 0.05) is 25.7 Å². The molecule has 5 atom stereocenters. The Balaban J connectivity index is 5.35. The molecule has 0 aromatic heterocycles. The number of carbonyl (C=O) groups is 4. The van der Waals surface area contributed by atoms with Crippen LogP contribution in [0.15, 0.2) is 85.1 Å². The lowest BCUT2D eigenvalue weighted by atomic mass is 10.1. The summed E-state index contributed by atoms with van der Waals surface area (Å²) in [7, 11) is -9.95. The van der Waals surface area contributed by atoms with Crippen molar-refractivity contribution in [2.24, 2.45) is 0 Å². The highest BCUT2D eigenvalue weighted by Gasteiger charge is 2.30. The van der Waals surface area contributed by atoms with E-state index in [1.165, 1.54) is 89.9 Å². The van der Waals surface area contributed by atoms with E-state index in [4.69, 9.17) is 37.0 Å². The molecule has 0 aliphatic heterocycles. The van der Waals surface area contributed by atoms with Gasteiger partial charge in [0.1, 0.15) is 19.3 Å². The molecule has 0 aromatic rings. The fourth-order valence-electron chi connectivity index (χ4n) is 9.72. The van der Waals surface area contributed by atoms with E-state index in [0.717, 1.165) is 135 Å². The van der Waals surface area contributed by atoms with Crippen LogP contribution in [0.25, 0.3) is 0 Å². The van der Waals surface area contributed by atoms with E-state index in [1.54, 1.807) is 0 Å². The number of hydrogen-bond donors (Lipinski definition) is 3. The topological polar surface area (TPSA) is 237 Å². The number of hydrogen-bond acceptors (Lipinski definition) is 15. The lowest BCUT2D eigenvalue weighted by molar-refractivity contribution is -0.161. The second kappa shape index (κ2) is 67.8. The van der Waals surface area contributed by atoms with Crippen molar-refractivity contribution in [3.05, 3.63) is 85.1 Å². The predicted octanol–water partition coefficient (Wildman–Crippen LogP) is 20.7. The molecule has 5 unspecified atom stereocenters. The zero-order chi connectivity index (χ0) is 69.0. The highest BCUT2D eigenvalue weighted by Crippen LogP contribution is 2.45. The summed E-state index contributed by atoms with van der Waals surface area (Å²) in [5, 5.41) is 10.6. The van der Waals surface area contributed by atoms with Gasteiger partial charge < -0.3 is 33.8 Å². The Morgan fingerprint density at radius 2 is 0.564 bits per heavy atom. The van der Waals surface area contributed by atoms with Crippen molar-refractivity contribution in [2.75, 3.05) is 39.6 Å². The molecule has 0 saturated carbocycles. The normalized spacial score (nSPS) is 14.5. The van der Waals surface area contributed by atoms with Crippen LogP contribution in [0.3, 0.4) is 0 Å². The summed E-state index contributed by atoms with van der Waals surface area (Å²) in [4.78, 5) is 72.6. The van der Waals surface area contributed by atoms with Crippen LogP contribution in [0, 0.1) is 0 Å². The molecule has 0 radical (unpaired) electrons. The number of aliphatic hydroxyl groups excluding tert-OH is 1. The maximum absolute atomic E-state index is 13.0. The summed E-state index contributed by atoms with van der Waals surface area (Å²) in [6.07, 6.45) is 67.4. The molecular weight excluding hydrogens is 1230 g/mol. The van der Waals surface area contributed by atoms with Crippen LogP contribution in [-0.4, -0.2) is 96.7 Å². The molecule has 0 aromatic carbocycles. The third-order valence-corrected chi connectivity index (χ3v) is 17.2. The first kappa shape index (κ1) is 90.2. The number of aliphatic hydroxyl groups is 1. The van der Waals surface area contributed by atoms with Crippen LogP contribution < -0.4 is 0 Å². The zero-order valence-electron chi connectivity index (χ0n) is 59.1. The van der Waals surface area contributed by atoms with Gasteiger partial charge in [0.25, 0.3) is 0 Å². The first-order chi connectivity index (χ1) is 45.7. The fraction of sp³-hybridized carbons (Fsp3) is 0.760. The highest BCUT2D eigenvalue weighted by molar-refractivity contribution is 7.47. The molecule has 19 heteroatoms. The Labute approximate surface area is 570 Å². The molecule has 0 rings (SSSR count). The van der Waals surface area contributed by atoms with E-state index >= 15 is 0 Å². The van der Waals surface area contributed by atoms with E-state index in [1.807, 2.05) is 12.2 Å². The Kier molecular flexibility index (Phi) is 65.1. The van der Waals surface area contributed by atoms with Gasteiger partial charge in [-0.15, -0.1) is 0 Å². The molecule has 17 nitrogen and oxygen atoms in total. The fourth-order valence-corrected chi connectivity index (χ4v) is 11.3. The standard InChI is InChI=1S/C75H132O17P2/c1-5-9-13-17-21-25-29-32-33-34-35-38-41-44-48-52-56-60-73(78)86-65-70(91-74(79)61-57-53-49-45-39-28-24-20-16-12-8-4)67-89-93(81,82)87-63-69(76)64-88-94(83,84)90-68-71(92-75(80)62-58-54-50-46-42-37-31-27-23-19-15-11-7-3)66-85-72(77)59-55-51-47-43-40-36-30-26-22-18-14-10-6-2/h9,13,21,25-27,30-33,35,38,44,48,69-71,76H,5-8,10-12,14-20,22-24,28-29,34,36-37,39-43,45-47,49-68H2,1-4H3,(H,81,82)(H,83,84)/b13-9-,25-21-,30-26-,31-27-,33-32-,38-35-,48-44-. The van der Waals surface area contributed by atoms with Crippen molar-refractivity contribution in [1.29, 1.82) is 0 Å². The predicted molar refractivity (Wildman–Crippen MR) is 381 cm³/mol. The van der Waals surface area contributed by atoms with Gasteiger partial charge in [-0.25, -0.2) is 9.13 Å². The molecule has 0 saturated heterocycles. The van der Waals surface area contributed by atoms with Gasteiger partial charge in [-0.1, -0.05) is 254 Å². The number of allylic oxidation sites excluding steroid dienone is 14. The van der Waals surface area contributed by atoms with Crippen molar-refractivity contribution in [3.8, 4) is 0 Å². The largest absolute Gasteiger partial charge is 0.472 e. The number of phosphoric ester groups is 2. The molecule has 3 N–H and O–H groups in total. The average Bonchev–Trinajstić information content (AvgIpc) is 1.32. The third kappa shape index (κ3) is 66.8. The Hall–Kier alpha value is -3.76. The lowest BCUT2D eigenvalue weighted by Gasteiger charge is -2.21. The molecule has 94 heavy (non-hydrogen) atoms. The summed E-state index contributed by atoms with van der Waals surface area (Å²) >= 11 is 0. The lowest BCUT2D eigenvalue weighted by Crippen LogP contribution is -2.30. The first-order valence-electron chi connectivity index (χ1n) is 36.8. The van der Waals surface area contributed by atoms with E-state index in [-0.39, 0.29) is 25.7 Å². The highest BCUT2D eigenvalue weighted by atomic mass is 31.2. The zero-order valence-corrected chi connectivity index (χ0v) is 60.9. The van der Waals surface area contributed by atoms with E-state index < -0.39 is 97.5 Å². The Morgan fingerprint density at radius 1 is 0.309 bits per heavy atom. The van der Waals surface area contributed by atoms with Crippen LogP contribution in [0.1, 0.15) is 310 Å². The smallest absolute Gasteiger partial charge is 0.462 e. The van der Waals surface area contributed by atoms with Crippen molar-refractivity contribution in [3.63, 3.8) is 0 Å². The summed E-state index contributed by atoms with van der Waals surface area (Å²) in [6, 6.07) is 0. The van der Waals surface area contributed by atoms with Crippen LogP contribution in [0.2, 0.25) is 0 Å². The number of phosphoric acid groups is 2. The van der Waals surface area contributed by atoms with Crippen molar-refractivity contribution in [2.45, 2.75) is 329 Å². The van der Waals surface area contributed by atoms with Gasteiger partial charge in [0.2, 0.25) is 0 Å². The minimum Gasteiger partial charge on any atom is -0.462 e. The van der Waals surface area contributed by atoms with Gasteiger partial charge >= 0.3 is 39.5 Å². The molecular formula is C75H132O17P2. The first-order valence-corrected chi connectivity index (χ1v) is 39.8. The summed E-state index contributed by atoms with van der Waals surface area (Å²) in [5.74, 6) is -2.25. The van der Waals surface area contributed by atoms with Crippen LogP contribution in [-0.2, 0) is 65.4 Å². The van der Waals surface area contributed by atoms with Crippen molar-refractivity contribution >= 4 is 39.5 Å². The summed E-state index contributed by atoms with van der Waals surface area (Å²) in [6.45, 7) is 4.65. The molecule has 544 valence electrons. The molecule has 0 spiro atoms. The molecule has 0 bridgehead atoms. The third-order valence-electron chi connectivity index (χ3n) is 15.3. The van der Waals surface area contributed by atoms with E-state index in [0.29, 0.717) is 32.1 Å². The summed E-state index contributed by atoms with van der Waals surface area (Å²) in [5.41, 5.74) is 0. The van der Waals surface area contributed by atoms with Gasteiger partial charge in [0.05, 0.1) is 26.4 Å². The van der Waals surface area contributed by atoms with Gasteiger partial charge in [-0.2, -0.15) is 0 Å². The number of carbonyl (C=O) groups excluding carboxylic acids is 4. The quantitative estimate of drug-likeness (QED) is 0.0169. The number of ether oxygens (including phenoxy) is 4. The molecule has 0 aliphatic carbocycles. The maximum Gasteiger partial charge on any atom is 0.472 e. The molecule has 0 amide bonds. The van der Waals surface area contributed by atoms with Crippen LogP contribution >= 0.6 is 15.6 Å². The van der Waals surface area contributed by atoms with Crippen molar-refractivity contribution in [1.82, 2.24) is 0 Å². The van der Waals surface area contributed by atoms with Crippen LogP contribution in [0.5, 0.6) is 0 Å². The summed E-state index contributed by atoms with van der Waals surface area (Å²) < 4.78 is 68.2. The second-order valence-corrected chi connectivity index (χ2v) is 27.4. The SMILES string of the molecule is CC/C=C\C/C=C\C/C=C\C/C=C\C/C=C\CCCC(=O)OCC(COP(=O)(O)OCC(O)COP(=O)(O)OCC(COC(=O)CCCCCCC/C=C\CCCCCC)OC(=O)CCCCCCC/C=C\CCCCCC)OC(=O)CCCCCCCCCCCCC. The van der Waals surface area contributed by atoms with Gasteiger partial charge in [-0.05, 0) is 116 Å². The Morgan fingerprint density at radius 3 is 0.915 bits per heavy atom. The Bertz CT molecular complexity index is 2120. The maximum atomic E-state index is 13.0. The molecule has 0 aliphatic rings. The number of unbranched alkanes of at least 4 members (excludes halogenated alkanes) is 29. The molecule has 0 fully saturated rings. The van der Waals surface area contributed by atoms with E-state index in [2.05, 4.69) is 101 Å². The second-order valence-electron chi connectivity index (χ2n) is 24.5. The average molecular weight is 1370 g/mol. The monoisotopic (exact) mass is 1370 g/mol. The minimum atomic E-state index is -4.98.